The van der Waals surface area contributed by atoms with E-state index in [1.807, 2.05) is 6.07 Å². The number of ether oxygens (including phenoxy) is 1. The van der Waals surface area contributed by atoms with E-state index in [4.69, 9.17) is 10.00 Å². The van der Waals surface area contributed by atoms with E-state index in [-0.39, 0.29) is 12.5 Å². The summed E-state index contributed by atoms with van der Waals surface area (Å²) in [4.78, 5) is 23.3. The highest BCUT2D eigenvalue weighted by Gasteiger charge is 2.20. The average Bonchev–Trinajstić information content (AvgIpc) is 2.47. The lowest BCUT2D eigenvalue weighted by Gasteiger charge is -2.10. The van der Waals surface area contributed by atoms with Crippen molar-refractivity contribution in [3.8, 4) is 6.07 Å². The molecule has 1 atom stereocenters. The third-order valence-corrected chi connectivity index (χ3v) is 2.58. The van der Waals surface area contributed by atoms with Gasteiger partial charge in [-0.1, -0.05) is 30.3 Å². The smallest absolute Gasteiger partial charge is 0.242 e. The molecule has 1 aromatic carbocycles. The lowest BCUT2D eigenvalue weighted by Crippen LogP contribution is -2.39. The molecular weight excluding hydrogens is 258 g/mol. The summed E-state index contributed by atoms with van der Waals surface area (Å²) in [7, 11) is 1.53. The predicted octanol–water partition coefficient (Wildman–Crippen LogP) is 0.173. The van der Waals surface area contributed by atoms with Crippen molar-refractivity contribution < 1.29 is 14.3 Å². The Kier molecular flexibility index (Phi) is 6.79. The molecular formula is C14H17N3O3. The summed E-state index contributed by atoms with van der Waals surface area (Å²) in [5, 5.41) is 14.1. The first-order valence-corrected chi connectivity index (χ1v) is 6.17. The fraction of sp³-hybridized carbons (Fsp3) is 0.357. The third kappa shape index (κ3) is 5.08. The Balaban J connectivity index is 2.45. The van der Waals surface area contributed by atoms with Gasteiger partial charge in [0.1, 0.15) is 5.92 Å². The Bertz CT molecular complexity index is 482. The average molecular weight is 275 g/mol. The van der Waals surface area contributed by atoms with Crippen LogP contribution in [0.1, 0.15) is 11.5 Å². The molecule has 0 aliphatic rings. The zero-order chi connectivity index (χ0) is 14.8. The Hall–Kier alpha value is -2.39. The SMILES string of the molecule is COCCNC(=O)CNC(=O)C(C#N)c1ccccc1. The Morgan fingerprint density at radius 3 is 2.60 bits per heavy atom. The van der Waals surface area contributed by atoms with Gasteiger partial charge in [-0.25, -0.2) is 0 Å². The molecule has 1 unspecified atom stereocenters. The number of methoxy groups -OCH3 is 1. The maximum atomic E-state index is 11.9. The Labute approximate surface area is 117 Å². The molecule has 20 heavy (non-hydrogen) atoms. The van der Waals surface area contributed by atoms with Crippen LogP contribution in [0, 0.1) is 11.3 Å². The summed E-state index contributed by atoms with van der Waals surface area (Å²) in [6.07, 6.45) is 0. The van der Waals surface area contributed by atoms with Gasteiger partial charge in [0.15, 0.2) is 0 Å². The highest BCUT2D eigenvalue weighted by Crippen LogP contribution is 2.14. The number of amides is 2. The normalized spacial score (nSPS) is 11.2. The first-order chi connectivity index (χ1) is 9.69. The molecule has 0 saturated carbocycles. The van der Waals surface area contributed by atoms with Crippen LogP contribution in [0.25, 0.3) is 0 Å². The maximum absolute atomic E-state index is 11.9. The Morgan fingerprint density at radius 1 is 1.30 bits per heavy atom. The molecule has 0 fully saturated rings. The van der Waals surface area contributed by atoms with E-state index >= 15 is 0 Å². The van der Waals surface area contributed by atoms with Gasteiger partial charge < -0.3 is 15.4 Å². The third-order valence-electron chi connectivity index (χ3n) is 2.58. The van der Waals surface area contributed by atoms with Gasteiger partial charge in [-0.2, -0.15) is 5.26 Å². The zero-order valence-corrected chi connectivity index (χ0v) is 11.3. The molecule has 0 heterocycles. The van der Waals surface area contributed by atoms with E-state index in [2.05, 4.69) is 10.6 Å². The molecule has 0 spiro atoms. The quantitative estimate of drug-likeness (QED) is 0.694. The molecule has 1 rings (SSSR count). The summed E-state index contributed by atoms with van der Waals surface area (Å²) < 4.78 is 4.79. The molecule has 0 aliphatic carbocycles. The van der Waals surface area contributed by atoms with Crippen LogP contribution in [0.4, 0.5) is 0 Å². The van der Waals surface area contributed by atoms with Gasteiger partial charge in [0.05, 0.1) is 19.2 Å². The van der Waals surface area contributed by atoms with Crippen LogP contribution in [0.2, 0.25) is 0 Å². The number of hydrogen-bond acceptors (Lipinski definition) is 4. The van der Waals surface area contributed by atoms with Crippen molar-refractivity contribution in [3.05, 3.63) is 35.9 Å². The standard InChI is InChI=1S/C14H17N3O3/c1-20-8-7-16-13(18)10-17-14(19)12(9-15)11-5-3-2-4-6-11/h2-6,12H,7-8,10H2,1H3,(H,16,18)(H,17,19). The number of nitrogens with zero attached hydrogens (tertiary/aromatic N) is 1. The molecule has 2 N–H and O–H groups in total. The van der Waals surface area contributed by atoms with Crippen molar-refractivity contribution >= 4 is 11.8 Å². The van der Waals surface area contributed by atoms with E-state index in [0.29, 0.717) is 18.7 Å². The summed E-state index contributed by atoms with van der Waals surface area (Å²) in [6, 6.07) is 10.6. The largest absolute Gasteiger partial charge is 0.383 e. The molecule has 6 heteroatoms. The van der Waals surface area contributed by atoms with Gasteiger partial charge in [0.25, 0.3) is 0 Å². The van der Waals surface area contributed by atoms with Crippen molar-refractivity contribution in [2.75, 3.05) is 26.8 Å². The summed E-state index contributed by atoms with van der Waals surface area (Å²) >= 11 is 0. The fourth-order valence-electron chi connectivity index (χ4n) is 1.55. The molecule has 0 aromatic heterocycles. The first-order valence-electron chi connectivity index (χ1n) is 6.17. The summed E-state index contributed by atoms with van der Waals surface area (Å²) in [5.74, 6) is -1.72. The van der Waals surface area contributed by atoms with E-state index < -0.39 is 11.8 Å². The highest BCUT2D eigenvalue weighted by atomic mass is 16.5. The molecule has 6 nitrogen and oxygen atoms in total. The van der Waals surface area contributed by atoms with Gasteiger partial charge in [0, 0.05) is 13.7 Å². The van der Waals surface area contributed by atoms with Crippen molar-refractivity contribution in [2.24, 2.45) is 0 Å². The van der Waals surface area contributed by atoms with Crippen molar-refractivity contribution in [2.45, 2.75) is 5.92 Å². The minimum Gasteiger partial charge on any atom is -0.383 e. The van der Waals surface area contributed by atoms with E-state index in [1.165, 1.54) is 7.11 Å². The minimum absolute atomic E-state index is 0.159. The number of nitrogens with one attached hydrogen (secondary N) is 2. The van der Waals surface area contributed by atoms with Crippen LogP contribution in [-0.2, 0) is 14.3 Å². The van der Waals surface area contributed by atoms with Crippen molar-refractivity contribution in [1.82, 2.24) is 10.6 Å². The van der Waals surface area contributed by atoms with Crippen LogP contribution in [0.5, 0.6) is 0 Å². The van der Waals surface area contributed by atoms with E-state index in [9.17, 15) is 9.59 Å². The fourth-order valence-corrected chi connectivity index (χ4v) is 1.55. The van der Waals surface area contributed by atoms with Crippen LogP contribution in [-0.4, -0.2) is 38.6 Å². The first kappa shape index (κ1) is 15.7. The van der Waals surface area contributed by atoms with Gasteiger partial charge in [0.2, 0.25) is 11.8 Å². The van der Waals surface area contributed by atoms with Gasteiger partial charge in [-0.15, -0.1) is 0 Å². The summed E-state index contributed by atoms with van der Waals surface area (Å²) in [5.41, 5.74) is 0.604. The second-order valence-corrected chi connectivity index (χ2v) is 4.03. The number of hydrogen-bond donors (Lipinski definition) is 2. The van der Waals surface area contributed by atoms with Gasteiger partial charge in [-0.05, 0) is 5.56 Å². The number of carbonyl (C=O) groups is 2. The predicted molar refractivity (Wildman–Crippen MR) is 72.7 cm³/mol. The lowest BCUT2D eigenvalue weighted by atomic mass is 10.00. The lowest BCUT2D eigenvalue weighted by molar-refractivity contribution is -0.126. The number of carbonyl (C=O) groups excluding carboxylic acids is 2. The zero-order valence-electron chi connectivity index (χ0n) is 11.3. The van der Waals surface area contributed by atoms with Crippen molar-refractivity contribution in [1.29, 1.82) is 5.26 Å². The molecule has 0 bridgehead atoms. The van der Waals surface area contributed by atoms with Crippen LogP contribution >= 0.6 is 0 Å². The van der Waals surface area contributed by atoms with Crippen LogP contribution < -0.4 is 10.6 Å². The van der Waals surface area contributed by atoms with Gasteiger partial charge in [-0.3, -0.25) is 9.59 Å². The molecule has 0 aliphatic heterocycles. The Morgan fingerprint density at radius 2 is 2.00 bits per heavy atom. The maximum Gasteiger partial charge on any atom is 0.242 e. The second-order valence-electron chi connectivity index (χ2n) is 4.03. The highest BCUT2D eigenvalue weighted by molar-refractivity contribution is 5.90. The number of benzene rings is 1. The molecule has 0 saturated heterocycles. The van der Waals surface area contributed by atoms with Crippen LogP contribution in [0.3, 0.4) is 0 Å². The van der Waals surface area contributed by atoms with E-state index in [1.54, 1.807) is 30.3 Å². The monoisotopic (exact) mass is 275 g/mol. The van der Waals surface area contributed by atoms with Gasteiger partial charge >= 0.3 is 0 Å². The molecule has 2 amide bonds. The minimum atomic E-state index is -0.914. The summed E-state index contributed by atoms with van der Waals surface area (Å²) in [6.45, 7) is 0.629. The number of rotatable bonds is 7. The molecule has 106 valence electrons. The van der Waals surface area contributed by atoms with E-state index in [0.717, 1.165) is 0 Å². The topological polar surface area (TPSA) is 91.2 Å². The number of nitriles is 1. The molecule has 1 aromatic rings. The van der Waals surface area contributed by atoms with Crippen LogP contribution in [0.15, 0.2) is 30.3 Å². The molecule has 0 radical (unpaired) electrons. The second kappa shape index (κ2) is 8.67. The van der Waals surface area contributed by atoms with Crippen molar-refractivity contribution in [3.63, 3.8) is 0 Å².